The largest absolute Gasteiger partial charge is 0.477 e. The molecule has 0 saturated carbocycles. The molecule has 0 aromatic carbocycles. The van der Waals surface area contributed by atoms with Crippen molar-refractivity contribution in [2.75, 3.05) is 0 Å². The van der Waals surface area contributed by atoms with E-state index in [1.165, 1.54) is 0 Å². The van der Waals surface area contributed by atoms with E-state index in [4.69, 9.17) is 5.11 Å². The van der Waals surface area contributed by atoms with Gasteiger partial charge in [0.2, 0.25) is 0 Å². The van der Waals surface area contributed by atoms with Crippen molar-refractivity contribution < 1.29 is 9.90 Å². The molecule has 0 radical (unpaired) electrons. The van der Waals surface area contributed by atoms with Crippen LogP contribution in [0.4, 0.5) is 0 Å². The van der Waals surface area contributed by atoms with Gasteiger partial charge in [-0.1, -0.05) is 25.2 Å². The Morgan fingerprint density at radius 2 is 2.43 bits per heavy atom. The van der Waals surface area contributed by atoms with E-state index >= 15 is 0 Å². The molecule has 1 aliphatic heterocycles. The zero-order valence-corrected chi connectivity index (χ0v) is 7.90. The first-order valence-corrected chi connectivity index (χ1v) is 4.49. The highest BCUT2D eigenvalue weighted by molar-refractivity contribution is 5.92. The van der Waals surface area contributed by atoms with E-state index in [0.717, 1.165) is 12.0 Å². The second kappa shape index (κ2) is 2.94. The van der Waals surface area contributed by atoms with Gasteiger partial charge in [0.15, 0.2) is 0 Å². The Morgan fingerprint density at radius 3 is 3.14 bits per heavy atom. The normalized spacial score (nSPS) is 29.2. The number of allylic oxidation sites excluding steroid dienone is 5. The summed E-state index contributed by atoms with van der Waals surface area (Å²) in [5, 5.41) is 8.79. The third kappa shape index (κ3) is 1.31. The summed E-state index contributed by atoms with van der Waals surface area (Å²) in [4.78, 5) is 14.7. The van der Waals surface area contributed by atoms with Crippen molar-refractivity contribution in [3.05, 3.63) is 35.6 Å². The second-order valence-electron chi connectivity index (χ2n) is 3.76. The average molecular weight is 189 g/mol. The number of hydrogen-bond donors (Lipinski definition) is 1. The predicted molar refractivity (Wildman–Crippen MR) is 54.2 cm³/mol. The standard InChI is InChI=1S/C11H11NO2/c1-11-5-3-2-4-8(11)6-9(10(13)14)12-7-11/h2-4,6-7H,5H2,1H3,(H,13,14). The lowest BCUT2D eigenvalue weighted by molar-refractivity contribution is -0.132. The van der Waals surface area contributed by atoms with E-state index in [1.807, 2.05) is 12.2 Å². The molecular weight excluding hydrogens is 178 g/mol. The molecule has 0 fully saturated rings. The molecule has 3 nitrogen and oxygen atoms in total. The van der Waals surface area contributed by atoms with Gasteiger partial charge in [-0.2, -0.15) is 0 Å². The number of aliphatic imine (C=N–C) groups is 1. The Hall–Kier alpha value is -1.64. The van der Waals surface area contributed by atoms with Gasteiger partial charge in [0.05, 0.1) is 0 Å². The minimum absolute atomic E-state index is 0.115. The molecular formula is C11H11NO2. The Balaban J connectivity index is 2.43. The molecule has 1 aliphatic carbocycles. The summed E-state index contributed by atoms with van der Waals surface area (Å²) in [5.74, 6) is -0.973. The van der Waals surface area contributed by atoms with E-state index in [0.29, 0.717) is 0 Å². The van der Waals surface area contributed by atoms with Crippen LogP contribution in [0.3, 0.4) is 0 Å². The van der Waals surface area contributed by atoms with Crippen molar-refractivity contribution in [3.8, 4) is 0 Å². The van der Waals surface area contributed by atoms with Crippen LogP contribution in [0.5, 0.6) is 0 Å². The summed E-state index contributed by atoms with van der Waals surface area (Å²) >= 11 is 0. The summed E-state index contributed by atoms with van der Waals surface area (Å²) in [5.41, 5.74) is 1.02. The first-order chi connectivity index (χ1) is 6.62. The van der Waals surface area contributed by atoms with E-state index < -0.39 is 5.97 Å². The second-order valence-corrected chi connectivity index (χ2v) is 3.76. The van der Waals surface area contributed by atoms with Crippen LogP contribution >= 0.6 is 0 Å². The van der Waals surface area contributed by atoms with Crippen molar-refractivity contribution in [1.29, 1.82) is 0 Å². The zero-order valence-electron chi connectivity index (χ0n) is 7.90. The molecule has 1 unspecified atom stereocenters. The highest BCUT2D eigenvalue weighted by atomic mass is 16.4. The van der Waals surface area contributed by atoms with Crippen molar-refractivity contribution >= 4 is 12.2 Å². The quantitative estimate of drug-likeness (QED) is 0.685. The maximum Gasteiger partial charge on any atom is 0.354 e. The molecule has 0 bridgehead atoms. The zero-order chi connectivity index (χ0) is 10.2. The smallest absolute Gasteiger partial charge is 0.354 e. The molecule has 0 saturated heterocycles. The minimum atomic E-state index is -0.973. The van der Waals surface area contributed by atoms with Crippen molar-refractivity contribution in [2.24, 2.45) is 10.4 Å². The van der Waals surface area contributed by atoms with E-state index in [1.54, 1.807) is 12.3 Å². The molecule has 2 aliphatic rings. The van der Waals surface area contributed by atoms with Crippen LogP contribution in [0.15, 0.2) is 40.6 Å². The molecule has 14 heavy (non-hydrogen) atoms. The lowest BCUT2D eigenvalue weighted by atomic mass is 9.76. The topological polar surface area (TPSA) is 49.7 Å². The van der Waals surface area contributed by atoms with E-state index in [9.17, 15) is 4.79 Å². The lowest BCUT2D eigenvalue weighted by Gasteiger charge is -2.30. The maximum atomic E-state index is 10.7. The number of aliphatic carboxylic acids is 1. The van der Waals surface area contributed by atoms with Gasteiger partial charge >= 0.3 is 5.97 Å². The Labute approximate surface area is 82.2 Å². The van der Waals surface area contributed by atoms with Gasteiger partial charge in [-0.25, -0.2) is 4.79 Å². The highest BCUT2D eigenvalue weighted by Gasteiger charge is 2.30. The van der Waals surface area contributed by atoms with Crippen LogP contribution in [0.1, 0.15) is 13.3 Å². The predicted octanol–water partition coefficient (Wildman–Crippen LogP) is 1.93. The number of nitrogens with zero attached hydrogens (tertiary/aromatic N) is 1. The molecule has 0 aromatic heterocycles. The van der Waals surface area contributed by atoms with Gasteiger partial charge in [-0.3, -0.25) is 4.99 Å². The molecule has 72 valence electrons. The monoisotopic (exact) mass is 189 g/mol. The van der Waals surface area contributed by atoms with Crippen molar-refractivity contribution in [2.45, 2.75) is 13.3 Å². The van der Waals surface area contributed by atoms with Crippen LogP contribution < -0.4 is 0 Å². The summed E-state index contributed by atoms with van der Waals surface area (Å²) in [6.45, 7) is 2.06. The molecule has 1 atom stereocenters. The lowest BCUT2D eigenvalue weighted by Crippen LogP contribution is -2.25. The number of rotatable bonds is 1. The number of carboxylic acid groups (broad SMARTS) is 1. The molecule has 1 heterocycles. The van der Waals surface area contributed by atoms with Crippen molar-refractivity contribution in [1.82, 2.24) is 0 Å². The maximum absolute atomic E-state index is 10.7. The highest BCUT2D eigenvalue weighted by Crippen LogP contribution is 2.36. The SMILES string of the molecule is CC12C=NC(C(=O)O)=CC1=CC=CC2. The molecule has 0 aromatic rings. The average Bonchev–Trinajstić information content (AvgIpc) is 2.16. The van der Waals surface area contributed by atoms with Gasteiger partial charge in [0.1, 0.15) is 5.70 Å². The molecule has 1 N–H and O–H groups in total. The van der Waals surface area contributed by atoms with Crippen LogP contribution in [-0.4, -0.2) is 17.3 Å². The fourth-order valence-electron chi connectivity index (χ4n) is 1.65. The summed E-state index contributed by atoms with van der Waals surface area (Å²) < 4.78 is 0. The fraction of sp³-hybridized carbons (Fsp3) is 0.273. The molecule has 0 spiro atoms. The fourth-order valence-corrected chi connectivity index (χ4v) is 1.65. The van der Waals surface area contributed by atoms with Gasteiger partial charge in [0.25, 0.3) is 0 Å². The van der Waals surface area contributed by atoms with Gasteiger partial charge < -0.3 is 5.11 Å². The third-order valence-corrected chi connectivity index (χ3v) is 2.61. The van der Waals surface area contributed by atoms with Crippen molar-refractivity contribution in [3.63, 3.8) is 0 Å². The van der Waals surface area contributed by atoms with Gasteiger partial charge in [-0.15, -0.1) is 0 Å². The van der Waals surface area contributed by atoms with Crippen LogP contribution in [0, 0.1) is 5.41 Å². The number of fused-ring (bicyclic) bond motifs is 1. The summed E-state index contributed by atoms with van der Waals surface area (Å²) in [6.07, 6.45) is 10.2. The molecule has 3 heteroatoms. The van der Waals surface area contributed by atoms with E-state index in [2.05, 4.69) is 18.0 Å². The van der Waals surface area contributed by atoms with E-state index in [-0.39, 0.29) is 11.1 Å². The van der Waals surface area contributed by atoms with Crippen LogP contribution in [-0.2, 0) is 4.79 Å². The number of hydrogen-bond acceptors (Lipinski definition) is 2. The Kier molecular flexibility index (Phi) is 1.88. The first kappa shape index (κ1) is 8.94. The van der Waals surface area contributed by atoms with Gasteiger partial charge in [0, 0.05) is 11.6 Å². The van der Waals surface area contributed by atoms with Crippen LogP contribution in [0.25, 0.3) is 0 Å². The first-order valence-electron chi connectivity index (χ1n) is 4.49. The van der Waals surface area contributed by atoms with Gasteiger partial charge in [-0.05, 0) is 18.1 Å². The molecule has 2 rings (SSSR count). The Bertz CT molecular complexity index is 402. The summed E-state index contributed by atoms with van der Waals surface area (Å²) in [6, 6.07) is 0. The Morgan fingerprint density at radius 1 is 1.64 bits per heavy atom. The minimum Gasteiger partial charge on any atom is -0.477 e. The number of carboxylic acids is 1. The third-order valence-electron chi connectivity index (χ3n) is 2.61. The molecule has 0 amide bonds. The summed E-state index contributed by atoms with van der Waals surface area (Å²) in [7, 11) is 0. The van der Waals surface area contributed by atoms with Crippen LogP contribution in [0.2, 0.25) is 0 Å². The number of carbonyl (C=O) groups is 1.